The first-order valence-corrected chi connectivity index (χ1v) is 4.11. The molecule has 1 aliphatic carbocycles. The van der Waals surface area contributed by atoms with Gasteiger partial charge in [0.15, 0.2) is 5.78 Å². The van der Waals surface area contributed by atoms with Gasteiger partial charge in [-0.3, -0.25) is 4.79 Å². The quantitative estimate of drug-likeness (QED) is 0.553. The van der Waals surface area contributed by atoms with Crippen LogP contribution in [0.5, 0.6) is 0 Å². The predicted octanol–water partition coefficient (Wildman–Crippen LogP) is 2.63. The van der Waals surface area contributed by atoms with Gasteiger partial charge in [-0.25, -0.2) is 0 Å². The van der Waals surface area contributed by atoms with Crippen molar-refractivity contribution in [2.45, 2.75) is 32.6 Å². The maximum Gasteiger partial charge on any atom is 0.159 e. The fourth-order valence-corrected chi connectivity index (χ4v) is 1.44. The highest BCUT2D eigenvalue weighted by Crippen LogP contribution is 2.22. The summed E-state index contributed by atoms with van der Waals surface area (Å²) in [5.74, 6) is 0.227. The first-order chi connectivity index (χ1) is 5.22. The van der Waals surface area contributed by atoms with E-state index < -0.39 is 0 Å². The van der Waals surface area contributed by atoms with Crippen molar-refractivity contribution in [2.24, 2.45) is 0 Å². The maximum absolute atomic E-state index is 11.0. The Morgan fingerprint density at radius 2 is 2.27 bits per heavy atom. The zero-order valence-electron chi connectivity index (χ0n) is 7.02. The van der Waals surface area contributed by atoms with Gasteiger partial charge in [-0.15, -0.1) is 0 Å². The molecule has 11 heavy (non-hydrogen) atoms. The molecule has 0 aromatic rings. The van der Waals surface area contributed by atoms with Crippen LogP contribution in [-0.4, -0.2) is 5.78 Å². The lowest BCUT2D eigenvalue weighted by atomic mass is 9.92. The summed E-state index contributed by atoms with van der Waals surface area (Å²) in [6.45, 7) is 5.96. The zero-order valence-corrected chi connectivity index (χ0v) is 7.02. The topological polar surface area (TPSA) is 17.1 Å². The molecular weight excluding hydrogens is 136 g/mol. The van der Waals surface area contributed by atoms with Crippen molar-refractivity contribution in [2.75, 3.05) is 0 Å². The molecule has 0 unspecified atom stereocenters. The number of ketones is 1. The Bertz CT molecular complexity index is 211. The third-order valence-electron chi connectivity index (χ3n) is 1.84. The number of carbonyl (C=O) groups is 1. The molecule has 0 heterocycles. The Balaban J connectivity index is 2.64. The molecule has 1 nitrogen and oxygen atoms in total. The number of rotatable bonds is 2. The molecule has 1 heteroatoms. The van der Waals surface area contributed by atoms with Crippen LogP contribution in [0.1, 0.15) is 32.6 Å². The van der Waals surface area contributed by atoms with Crippen LogP contribution in [0, 0.1) is 0 Å². The molecule has 0 atom stereocenters. The SMILES string of the molecule is C=C1CC(=O)C=C(CCC)C1. The second kappa shape index (κ2) is 3.51. The van der Waals surface area contributed by atoms with Crippen molar-refractivity contribution < 1.29 is 4.79 Å². The second-order valence-corrected chi connectivity index (χ2v) is 3.12. The second-order valence-electron chi connectivity index (χ2n) is 3.12. The summed E-state index contributed by atoms with van der Waals surface area (Å²) in [7, 11) is 0. The molecule has 0 fully saturated rings. The van der Waals surface area contributed by atoms with Crippen LogP contribution in [0.4, 0.5) is 0 Å². The van der Waals surface area contributed by atoms with Gasteiger partial charge in [0.2, 0.25) is 0 Å². The minimum atomic E-state index is 0.227. The maximum atomic E-state index is 11.0. The highest BCUT2D eigenvalue weighted by molar-refractivity contribution is 5.93. The Morgan fingerprint density at radius 1 is 1.55 bits per heavy atom. The molecular formula is C10H14O. The first kappa shape index (κ1) is 8.25. The van der Waals surface area contributed by atoms with Gasteiger partial charge in [0.05, 0.1) is 0 Å². The number of hydrogen-bond acceptors (Lipinski definition) is 1. The lowest BCUT2D eigenvalue weighted by Gasteiger charge is -2.12. The van der Waals surface area contributed by atoms with Gasteiger partial charge in [0, 0.05) is 6.42 Å². The number of carbonyl (C=O) groups excluding carboxylic acids is 1. The third-order valence-corrected chi connectivity index (χ3v) is 1.84. The molecule has 0 N–H and O–H groups in total. The molecule has 0 aromatic carbocycles. The minimum absolute atomic E-state index is 0.227. The smallest absolute Gasteiger partial charge is 0.159 e. The summed E-state index contributed by atoms with van der Waals surface area (Å²) in [5, 5.41) is 0. The van der Waals surface area contributed by atoms with E-state index in [-0.39, 0.29) is 5.78 Å². The van der Waals surface area contributed by atoms with Gasteiger partial charge < -0.3 is 0 Å². The van der Waals surface area contributed by atoms with Crippen LogP contribution in [0.2, 0.25) is 0 Å². The standard InChI is InChI=1S/C10H14O/c1-3-4-9-5-8(2)6-10(11)7-9/h7H,2-6H2,1H3. The van der Waals surface area contributed by atoms with Crippen LogP contribution in [-0.2, 0) is 4.79 Å². The van der Waals surface area contributed by atoms with E-state index in [1.165, 1.54) is 5.57 Å². The number of hydrogen-bond donors (Lipinski definition) is 0. The van der Waals surface area contributed by atoms with E-state index in [4.69, 9.17) is 0 Å². The first-order valence-electron chi connectivity index (χ1n) is 4.11. The van der Waals surface area contributed by atoms with Crippen molar-refractivity contribution in [1.82, 2.24) is 0 Å². The van der Waals surface area contributed by atoms with Crippen LogP contribution >= 0.6 is 0 Å². The van der Waals surface area contributed by atoms with E-state index in [0.717, 1.165) is 24.8 Å². The summed E-state index contributed by atoms with van der Waals surface area (Å²) >= 11 is 0. The molecule has 0 aromatic heterocycles. The van der Waals surface area contributed by atoms with Crippen LogP contribution in [0.15, 0.2) is 23.8 Å². The van der Waals surface area contributed by atoms with Gasteiger partial charge in [-0.05, 0) is 18.9 Å². The minimum Gasteiger partial charge on any atom is -0.295 e. The molecule has 0 radical (unpaired) electrons. The highest BCUT2D eigenvalue weighted by atomic mass is 16.1. The number of allylic oxidation sites excluding steroid dienone is 3. The van der Waals surface area contributed by atoms with E-state index in [1.807, 2.05) is 0 Å². The molecule has 0 bridgehead atoms. The summed E-state index contributed by atoms with van der Waals surface area (Å²) in [6.07, 6.45) is 5.46. The van der Waals surface area contributed by atoms with Crippen molar-refractivity contribution in [3.05, 3.63) is 23.8 Å². The Kier molecular flexibility index (Phi) is 2.64. The van der Waals surface area contributed by atoms with E-state index in [2.05, 4.69) is 13.5 Å². The van der Waals surface area contributed by atoms with E-state index >= 15 is 0 Å². The zero-order chi connectivity index (χ0) is 8.27. The predicted molar refractivity (Wildman–Crippen MR) is 46.4 cm³/mol. The fourth-order valence-electron chi connectivity index (χ4n) is 1.44. The van der Waals surface area contributed by atoms with Crippen molar-refractivity contribution >= 4 is 5.78 Å². The Hall–Kier alpha value is -0.850. The summed E-state index contributed by atoms with van der Waals surface area (Å²) in [4.78, 5) is 11.0. The molecule has 0 saturated carbocycles. The van der Waals surface area contributed by atoms with Gasteiger partial charge in [0.1, 0.15) is 0 Å². The van der Waals surface area contributed by atoms with Gasteiger partial charge in [0.25, 0.3) is 0 Å². The van der Waals surface area contributed by atoms with Crippen molar-refractivity contribution in [3.8, 4) is 0 Å². The van der Waals surface area contributed by atoms with Crippen LogP contribution < -0.4 is 0 Å². The van der Waals surface area contributed by atoms with Crippen molar-refractivity contribution in [3.63, 3.8) is 0 Å². The van der Waals surface area contributed by atoms with E-state index in [0.29, 0.717) is 6.42 Å². The summed E-state index contributed by atoms with van der Waals surface area (Å²) < 4.78 is 0. The molecule has 0 saturated heterocycles. The molecule has 60 valence electrons. The average Bonchev–Trinajstić information content (AvgIpc) is 1.85. The van der Waals surface area contributed by atoms with E-state index in [9.17, 15) is 4.79 Å². The molecule has 1 rings (SSSR count). The third kappa shape index (κ3) is 2.34. The highest BCUT2D eigenvalue weighted by Gasteiger charge is 2.11. The summed E-state index contributed by atoms with van der Waals surface area (Å²) in [6, 6.07) is 0. The van der Waals surface area contributed by atoms with Crippen LogP contribution in [0.3, 0.4) is 0 Å². The largest absolute Gasteiger partial charge is 0.295 e. The van der Waals surface area contributed by atoms with Gasteiger partial charge >= 0.3 is 0 Å². The van der Waals surface area contributed by atoms with Crippen LogP contribution in [0.25, 0.3) is 0 Å². The van der Waals surface area contributed by atoms with Crippen molar-refractivity contribution in [1.29, 1.82) is 0 Å². The molecule has 0 amide bonds. The lowest BCUT2D eigenvalue weighted by Crippen LogP contribution is -2.04. The van der Waals surface area contributed by atoms with E-state index in [1.54, 1.807) is 6.08 Å². The monoisotopic (exact) mass is 150 g/mol. The summed E-state index contributed by atoms with van der Waals surface area (Å²) in [5.41, 5.74) is 2.33. The Labute approximate surface area is 67.8 Å². The molecule has 0 aliphatic heterocycles. The Morgan fingerprint density at radius 3 is 2.82 bits per heavy atom. The molecule has 1 aliphatic rings. The van der Waals surface area contributed by atoms with Gasteiger partial charge in [-0.2, -0.15) is 0 Å². The average molecular weight is 150 g/mol. The normalized spacial score (nSPS) is 18.5. The lowest BCUT2D eigenvalue weighted by molar-refractivity contribution is -0.114. The molecule has 0 spiro atoms. The van der Waals surface area contributed by atoms with Gasteiger partial charge in [-0.1, -0.05) is 31.1 Å². The fraction of sp³-hybridized carbons (Fsp3) is 0.500.